The van der Waals surface area contributed by atoms with Gasteiger partial charge < -0.3 is 9.47 Å². The van der Waals surface area contributed by atoms with Gasteiger partial charge in [0.15, 0.2) is 0 Å². The highest BCUT2D eigenvalue weighted by atomic mass is 79.9. The Bertz CT molecular complexity index is 1900. The third-order valence-electron chi connectivity index (χ3n) is 7.04. The van der Waals surface area contributed by atoms with Crippen molar-refractivity contribution in [2.75, 3.05) is 4.90 Å². The molecule has 1 heterocycles. The summed E-state index contributed by atoms with van der Waals surface area (Å²) in [7, 11) is 0. The van der Waals surface area contributed by atoms with Crippen molar-refractivity contribution < 1.29 is 23.9 Å². The third-order valence-corrected chi connectivity index (χ3v) is 8.10. The second-order valence-electron chi connectivity index (χ2n) is 9.98. The van der Waals surface area contributed by atoms with Crippen molar-refractivity contribution in [1.29, 1.82) is 0 Å². The number of carbonyl (C=O) groups is 3. The Morgan fingerprint density at radius 2 is 1.30 bits per heavy atom. The average Bonchev–Trinajstić information content (AvgIpc) is 3.03. The molecule has 0 saturated carbocycles. The van der Waals surface area contributed by atoms with Crippen LogP contribution in [0.3, 0.4) is 0 Å². The SMILES string of the molecule is O=C1NC(=O)N(c2ccc(OCc3ccc(Br)cc3)cc2)C(=O)/C1=C/c1c(OCc2ccc(Br)cc2)ccc2ccccc12. The van der Waals surface area contributed by atoms with E-state index in [2.05, 4.69) is 37.2 Å². The van der Waals surface area contributed by atoms with Crippen LogP contribution in [0.4, 0.5) is 10.5 Å². The minimum absolute atomic E-state index is 0.190. The summed E-state index contributed by atoms with van der Waals surface area (Å²) in [5.41, 5.74) is 2.61. The van der Waals surface area contributed by atoms with Gasteiger partial charge in [-0.2, -0.15) is 0 Å². The molecule has 1 aliphatic heterocycles. The van der Waals surface area contributed by atoms with Gasteiger partial charge in [0.1, 0.15) is 30.3 Å². The Hall–Kier alpha value is -4.73. The summed E-state index contributed by atoms with van der Waals surface area (Å²) in [5.74, 6) is -0.460. The lowest BCUT2D eigenvalue weighted by molar-refractivity contribution is -0.122. The van der Waals surface area contributed by atoms with Gasteiger partial charge >= 0.3 is 6.03 Å². The number of rotatable bonds is 8. The van der Waals surface area contributed by atoms with Crippen LogP contribution in [-0.2, 0) is 22.8 Å². The topological polar surface area (TPSA) is 84.9 Å². The van der Waals surface area contributed by atoms with E-state index in [9.17, 15) is 14.4 Å². The molecular weight excluding hydrogens is 688 g/mol. The fraction of sp³-hybridized carbons (Fsp3) is 0.0571. The zero-order chi connectivity index (χ0) is 30.6. The van der Waals surface area contributed by atoms with Crippen LogP contribution in [0, 0.1) is 0 Å². The molecule has 5 aromatic rings. The maximum absolute atomic E-state index is 13.7. The fourth-order valence-electron chi connectivity index (χ4n) is 4.77. The summed E-state index contributed by atoms with van der Waals surface area (Å²) in [6.45, 7) is 0.636. The van der Waals surface area contributed by atoms with Gasteiger partial charge in [0.2, 0.25) is 0 Å². The molecule has 9 heteroatoms. The molecule has 0 unspecified atom stereocenters. The Balaban J connectivity index is 1.28. The first-order valence-electron chi connectivity index (χ1n) is 13.6. The highest BCUT2D eigenvalue weighted by Gasteiger charge is 2.37. The molecule has 5 aromatic carbocycles. The number of carbonyl (C=O) groups excluding carboxylic acids is 3. The van der Waals surface area contributed by atoms with Gasteiger partial charge in [0.25, 0.3) is 11.8 Å². The van der Waals surface area contributed by atoms with Crippen molar-refractivity contribution in [2.45, 2.75) is 13.2 Å². The first-order chi connectivity index (χ1) is 21.4. The molecule has 1 fully saturated rings. The Labute approximate surface area is 270 Å². The minimum Gasteiger partial charge on any atom is -0.489 e. The quantitative estimate of drug-likeness (QED) is 0.130. The number of hydrogen-bond acceptors (Lipinski definition) is 5. The second-order valence-corrected chi connectivity index (χ2v) is 11.8. The van der Waals surface area contributed by atoms with E-state index in [4.69, 9.17) is 9.47 Å². The van der Waals surface area contributed by atoms with Crippen molar-refractivity contribution in [1.82, 2.24) is 5.32 Å². The number of nitrogens with one attached hydrogen (secondary N) is 1. The van der Waals surface area contributed by atoms with Crippen molar-refractivity contribution >= 4 is 72.2 Å². The first-order valence-corrected chi connectivity index (χ1v) is 15.2. The summed E-state index contributed by atoms with van der Waals surface area (Å²) < 4.78 is 14.0. The van der Waals surface area contributed by atoms with Crippen LogP contribution in [0.25, 0.3) is 16.8 Å². The van der Waals surface area contributed by atoms with Gasteiger partial charge in [-0.3, -0.25) is 14.9 Å². The van der Waals surface area contributed by atoms with Gasteiger partial charge in [0, 0.05) is 14.5 Å². The Morgan fingerprint density at radius 1 is 0.682 bits per heavy atom. The number of nitrogens with zero attached hydrogens (tertiary/aromatic N) is 1. The number of amides is 4. The van der Waals surface area contributed by atoms with E-state index in [1.54, 1.807) is 24.3 Å². The van der Waals surface area contributed by atoms with Gasteiger partial charge in [-0.05, 0) is 82.6 Å². The van der Waals surface area contributed by atoms with Crippen molar-refractivity contribution in [3.63, 3.8) is 0 Å². The van der Waals surface area contributed by atoms with Crippen LogP contribution >= 0.6 is 31.9 Å². The van der Waals surface area contributed by atoms with Gasteiger partial charge in [0.05, 0.1) is 5.69 Å². The molecule has 0 radical (unpaired) electrons. The van der Waals surface area contributed by atoms with E-state index in [1.165, 1.54) is 6.08 Å². The predicted octanol–water partition coefficient (Wildman–Crippen LogP) is 8.19. The summed E-state index contributed by atoms with van der Waals surface area (Å²) in [5, 5.41) is 4.01. The number of urea groups is 1. The highest BCUT2D eigenvalue weighted by molar-refractivity contribution is 9.10. The van der Waals surface area contributed by atoms with Crippen LogP contribution in [0.15, 0.2) is 124 Å². The van der Waals surface area contributed by atoms with Crippen LogP contribution in [-0.4, -0.2) is 17.8 Å². The molecule has 0 spiro atoms. The van der Waals surface area contributed by atoms with Crippen molar-refractivity contribution in [2.24, 2.45) is 0 Å². The molecule has 1 aliphatic rings. The Kier molecular flexibility index (Phi) is 8.58. The molecule has 0 aromatic heterocycles. The molecule has 6 rings (SSSR count). The van der Waals surface area contributed by atoms with E-state index in [0.717, 1.165) is 35.7 Å². The zero-order valence-electron chi connectivity index (χ0n) is 23.1. The largest absolute Gasteiger partial charge is 0.489 e. The summed E-state index contributed by atoms with van der Waals surface area (Å²) in [6.07, 6.45) is 1.49. The molecular formula is C35H24Br2N2O5. The molecule has 0 atom stereocenters. The number of imide groups is 2. The van der Waals surface area contributed by atoms with E-state index in [0.29, 0.717) is 29.4 Å². The normalized spacial score (nSPS) is 14.2. The molecule has 44 heavy (non-hydrogen) atoms. The van der Waals surface area contributed by atoms with E-state index in [-0.39, 0.29) is 12.2 Å². The van der Waals surface area contributed by atoms with E-state index < -0.39 is 17.8 Å². The number of fused-ring (bicyclic) bond motifs is 1. The van der Waals surface area contributed by atoms with Crippen LogP contribution < -0.4 is 19.7 Å². The number of halogens is 2. The number of ether oxygens (including phenoxy) is 2. The van der Waals surface area contributed by atoms with Gasteiger partial charge in [-0.1, -0.05) is 86.5 Å². The highest BCUT2D eigenvalue weighted by Crippen LogP contribution is 2.33. The molecule has 0 bridgehead atoms. The van der Waals surface area contributed by atoms with Gasteiger partial charge in [-0.15, -0.1) is 0 Å². The molecule has 4 amide bonds. The lowest BCUT2D eigenvalue weighted by atomic mass is 9.99. The minimum atomic E-state index is -0.828. The summed E-state index contributed by atoms with van der Waals surface area (Å²) >= 11 is 6.86. The molecule has 7 nitrogen and oxygen atoms in total. The number of anilines is 1. The third kappa shape index (κ3) is 6.44. The Morgan fingerprint density at radius 3 is 1.95 bits per heavy atom. The van der Waals surface area contributed by atoms with Crippen molar-refractivity contribution in [3.8, 4) is 11.5 Å². The zero-order valence-corrected chi connectivity index (χ0v) is 26.3. The first kappa shape index (κ1) is 29.3. The summed E-state index contributed by atoms with van der Waals surface area (Å²) in [6, 6.07) is 32.6. The van der Waals surface area contributed by atoms with Crippen LogP contribution in [0.2, 0.25) is 0 Å². The standard InChI is InChI=1S/C35H24Br2N2O5/c36-25-10-5-22(6-11-25)20-43-28-16-14-27(15-17-28)39-34(41)31(33(40)38-35(39)42)19-30-29-4-2-1-3-24(29)9-18-32(30)44-21-23-7-12-26(37)13-8-23/h1-19H,20-21H2,(H,38,40,42)/b31-19+. The van der Waals surface area contributed by atoms with Crippen LogP contribution in [0.5, 0.6) is 11.5 Å². The fourth-order valence-corrected chi connectivity index (χ4v) is 5.30. The maximum Gasteiger partial charge on any atom is 0.335 e. The molecule has 0 aliphatic carbocycles. The second kappa shape index (κ2) is 12.9. The lowest BCUT2D eigenvalue weighted by Crippen LogP contribution is -2.54. The average molecular weight is 712 g/mol. The number of benzene rings is 5. The number of hydrogen-bond donors (Lipinski definition) is 1. The van der Waals surface area contributed by atoms with Crippen molar-refractivity contribution in [3.05, 3.63) is 140 Å². The molecule has 218 valence electrons. The van der Waals surface area contributed by atoms with E-state index in [1.807, 2.05) is 84.9 Å². The van der Waals surface area contributed by atoms with Gasteiger partial charge in [-0.25, -0.2) is 9.69 Å². The number of barbiturate groups is 1. The predicted molar refractivity (Wildman–Crippen MR) is 176 cm³/mol. The molecule has 1 saturated heterocycles. The molecule has 1 N–H and O–H groups in total. The monoisotopic (exact) mass is 710 g/mol. The maximum atomic E-state index is 13.7. The summed E-state index contributed by atoms with van der Waals surface area (Å²) in [4.78, 5) is 40.6. The smallest absolute Gasteiger partial charge is 0.335 e. The van der Waals surface area contributed by atoms with E-state index >= 15 is 0 Å². The lowest BCUT2D eigenvalue weighted by Gasteiger charge is -2.26. The van der Waals surface area contributed by atoms with Crippen LogP contribution in [0.1, 0.15) is 16.7 Å².